The van der Waals surface area contributed by atoms with Gasteiger partial charge < -0.3 is 24.4 Å². The number of nitrogens with zero attached hydrogens (tertiary/aromatic N) is 3. The molecule has 1 heterocycles. The molecule has 2 aromatic carbocycles. The van der Waals surface area contributed by atoms with Crippen molar-refractivity contribution in [2.24, 2.45) is 5.41 Å². The van der Waals surface area contributed by atoms with Gasteiger partial charge >= 0.3 is 17.9 Å². The molecule has 0 radical (unpaired) electrons. The highest BCUT2D eigenvalue weighted by Gasteiger charge is 2.26. The second-order valence-corrected chi connectivity index (χ2v) is 11.5. The van der Waals surface area contributed by atoms with Crippen molar-refractivity contribution < 1.29 is 37.8 Å². The number of esters is 3. The number of rotatable bonds is 14. The SMILES string of the molecule is C#CCN(Cc1ccc2ncn(COC(=O)C(C)(C)C)c(=O)c2c1)c1ccc(C(=O)N[C@H](CCC(=O)OCC)C(=O)OCC)c(F)c1. The van der Waals surface area contributed by atoms with Gasteiger partial charge in [0.15, 0.2) is 6.73 Å². The summed E-state index contributed by atoms with van der Waals surface area (Å²) in [5, 5.41) is 2.73. The number of benzene rings is 2. The summed E-state index contributed by atoms with van der Waals surface area (Å²) in [5.74, 6) is -0.979. The third-order valence-corrected chi connectivity index (χ3v) is 6.87. The Kier molecular flexibility index (Phi) is 12.6. The van der Waals surface area contributed by atoms with Gasteiger partial charge in [-0.1, -0.05) is 12.0 Å². The molecule has 1 atom stereocenters. The molecular formula is C34H39FN4O8. The summed E-state index contributed by atoms with van der Waals surface area (Å²) >= 11 is 0. The maximum atomic E-state index is 15.3. The first-order chi connectivity index (χ1) is 22.3. The Morgan fingerprint density at radius 3 is 2.43 bits per heavy atom. The number of nitrogens with one attached hydrogen (secondary N) is 1. The van der Waals surface area contributed by atoms with Crippen molar-refractivity contribution >= 4 is 40.4 Å². The highest BCUT2D eigenvalue weighted by Crippen LogP contribution is 2.22. The number of anilines is 1. The maximum absolute atomic E-state index is 15.3. The van der Waals surface area contributed by atoms with Crippen LogP contribution in [0.25, 0.3) is 10.9 Å². The van der Waals surface area contributed by atoms with Crippen LogP contribution in [0.3, 0.4) is 0 Å². The summed E-state index contributed by atoms with van der Waals surface area (Å²) in [7, 11) is 0. The number of carbonyl (C=O) groups excluding carboxylic acids is 4. The van der Waals surface area contributed by atoms with E-state index in [-0.39, 0.29) is 56.8 Å². The number of hydrogen-bond donors (Lipinski definition) is 1. The van der Waals surface area contributed by atoms with E-state index in [1.165, 1.54) is 23.0 Å². The molecule has 3 rings (SSSR count). The van der Waals surface area contributed by atoms with E-state index in [0.717, 1.165) is 6.07 Å². The van der Waals surface area contributed by atoms with Gasteiger partial charge in [-0.15, -0.1) is 6.42 Å². The normalized spacial score (nSPS) is 11.7. The predicted molar refractivity (Wildman–Crippen MR) is 172 cm³/mol. The molecule has 1 aromatic heterocycles. The van der Waals surface area contributed by atoms with Crippen LogP contribution in [0.1, 0.15) is 63.4 Å². The van der Waals surface area contributed by atoms with Gasteiger partial charge in [-0.3, -0.25) is 23.7 Å². The van der Waals surface area contributed by atoms with Crippen molar-refractivity contribution in [2.45, 2.75) is 66.8 Å². The lowest BCUT2D eigenvalue weighted by Gasteiger charge is -2.23. The predicted octanol–water partition coefficient (Wildman–Crippen LogP) is 3.73. The number of amides is 1. The maximum Gasteiger partial charge on any atom is 0.328 e. The van der Waals surface area contributed by atoms with Gasteiger partial charge in [0.05, 0.1) is 41.6 Å². The lowest BCUT2D eigenvalue weighted by molar-refractivity contribution is -0.157. The number of fused-ring (bicyclic) bond motifs is 1. The zero-order chi connectivity index (χ0) is 34.7. The molecule has 3 aromatic rings. The highest BCUT2D eigenvalue weighted by atomic mass is 19.1. The first-order valence-electron chi connectivity index (χ1n) is 15.0. The molecule has 0 unspecified atom stereocenters. The largest absolute Gasteiger partial charge is 0.466 e. The highest BCUT2D eigenvalue weighted by molar-refractivity contribution is 5.97. The lowest BCUT2D eigenvalue weighted by Crippen LogP contribution is -2.42. The van der Waals surface area contributed by atoms with E-state index < -0.39 is 46.6 Å². The zero-order valence-electron chi connectivity index (χ0n) is 27.1. The Labute approximate surface area is 272 Å². The number of aromatic nitrogens is 2. The average Bonchev–Trinajstić information content (AvgIpc) is 3.02. The molecule has 0 bridgehead atoms. The fraction of sp³-hybridized carbons (Fsp3) is 0.412. The van der Waals surface area contributed by atoms with Crippen LogP contribution in [-0.4, -0.2) is 59.2 Å². The third-order valence-electron chi connectivity index (χ3n) is 6.87. The fourth-order valence-corrected chi connectivity index (χ4v) is 4.42. The summed E-state index contributed by atoms with van der Waals surface area (Å²) in [5.41, 5.74) is -0.0164. The monoisotopic (exact) mass is 650 g/mol. The fourth-order valence-electron chi connectivity index (χ4n) is 4.42. The summed E-state index contributed by atoms with van der Waals surface area (Å²) in [6.07, 6.45) is 6.67. The Hall–Kier alpha value is -5.25. The smallest absolute Gasteiger partial charge is 0.328 e. The molecule has 47 heavy (non-hydrogen) atoms. The average molecular weight is 651 g/mol. The van der Waals surface area contributed by atoms with E-state index in [1.807, 2.05) is 0 Å². The number of terminal acetylenes is 1. The van der Waals surface area contributed by atoms with Crippen molar-refractivity contribution in [3.8, 4) is 12.3 Å². The molecule has 12 nitrogen and oxygen atoms in total. The Morgan fingerprint density at radius 2 is 1.79 bits per heavy atom. The van der Waals surface area contributed by atoms with Crippen LogP contribution in [0.15, 0.2) is 47.5 Å². The van der Waals surface area contributed by atoms with Crippen LogP contribution in [0.2, 0.25) is 0 Å². The van der Waals surface area contributed by atoms with E-state index in [0.29, 0.717) is 16.8 Å². The molecule has 0 fully saturated rings. The number of ether oxygens (including phenoxy) is 3. The minimum absolute atomic E-state index is 0.0510. The summed E-state index contributed by atoms with van der Waals surface area (Å²) in [4.78, 5) is 68.5. The molecule has 0 aliphatic carbocycles. The Morgan fingerprint density at radius 1 is 1.06 bits per heavy atom. The van der Waals surface area contributed by atoms with Crippen LogP contribution < -0.4 is 15.8 Å². The summed E-state index contributed by atoms with van der Waals surface area (Å²) < 4.78 is 31.7. The molecule has 0 saturated heterocycles. The standard InChI is InChI=1S/C34H39FN4O8/c1-7-16-38(19-22-10-13-27-25(17-22)31(42)39(20-36-27)21-47-33(44)34(4,5)6)23-11-12-24(26(35)18-23)30(41)37-28(32(43)46-9-3)14-15-29(40)45-8-2/h1,10-13,17-18,20,28H,8-9,14-16,19,21H2,2-6H3,(H,37,41)/t28-/m1/s1. The van der Waals surface area contributed by atoms with E-state index >= 15 is 4.39 Å². The molecule has 0 aliphatic heterocycles. The summed E-state index contributed by atoms with van der Waals surface area (Å²) in [6, 6.07) is 7.78. The van der Waals surface area contributed by atoms with Gasteiger partial charge in [-0.2, -0.15) is 0 Å². The molecular weight excluding hydrogens is 611 g/mol. The first kappa shape index (κ1) is 36.2. The molecule has 1 amide bonds. The Balaban J connectivity index is 1.81. The van der Waals surface area contributed by atoms with Gasteiger partial charge in [-0.05, 0) is 76.9 Å². The van der Waals surface area contributed by atoms with Crippen molar-refractivity contribution in [3.05, 3.63) is 70.0 Å². The van der Waals surface area contributed by atoms with Crippen LogP contribution in [-0.2, 0) is 41.9 Å². The molecule has 0 saturated carbocycles. The topological polar surface area (TPSA) is 146 Å². The molecule has 0 spiro atoms. The molecule has 1 N–H and O–H groups in total. The number of hydrogen-bond acceptors (Lipinski definition) is 10. The van der Waals surface area contributed by atoms with Gasteiger partial charge in [0.2, 0.25) is 0 Å². The van der Waals surface area contributed by atoms with E-state index in [1.54, 1.807) is 57.7 Å². The zero-order valence-corrected chi connectivity index (χ0v) is 27.1. The van der Waals surface area contributed by atoms with E-state index in [2.05, 4.69) is 16.2 Å². The minimum atomic E-state index is -1.19. The second kappa shape index (κ2) is 16.4. The lowest BCUT2D eigenvalue weighted by atomic mass is 9.98. The van der Waals surface area contributed by atoms with Crippen LogP contribution >= 0.6 is 0 Å². The van der Waals surface area contributed by atoms with E-state index in [9.17, 15) is 24.0 Å². The van der Waals surface area contributed by atoms with Gasteiger partial charge in [0.1, 0.15) is 18.2 Å². The number of halogens is 1. The molecule has 13 heteroatoms. The van der Waals surface area contributed by atoms with Gasteiger partial charge in [0, 0.05) is 18.7 Å². The number of carbonyl (C=O) groups is 4. The Bertz CT molecular complexity index is 1720. The van der Waals surface area contributed by atoms with Crippen LogP contribution in [0, 0.1) is 23.6 Å². The minimum Gasteiger partial charge on any atom is -0.466 e. The van der Waals surface area contributed by atoms with Gasteiger partial charge in [-0.25, -0.2) is 14.2 Å². The summed E-state index contributed by atoms with van der Waals surface area (Å²) in [6.45, 7) is 8.53. The van der Waals surface area contributed by atoms with Crippen molar-refractivity contribution in [1.82, 2.24) is 14.9 Å². The van der Waals surface area contributed by atoms with E-state index in [4.69, 9.17) is 20.6 Å². The van der Waals surface area contributed by atoms with Crippen molar-refractivity contribution in [1.29, 1.82) is 0 Å². The second-order valence-electron chi connectivity index (χ2n) is 11.5. The van der Waals surface area contributed by atoms with Crippen LogP contribution in [0.5, 0.6) is 0 Å². The van der Waals surface area contributed by atoms with Crippen molar-refractivity contribution in [3.63, 3.8) is 0 Å². The quantitative estimate of drug-likeness (QED) is 0.156. The first-order valence-corrected chi connectivity index (χ1v) is 15.0. The molecule has 250 valence electrons. The molecule has 0 aliphatic rings. The van der Waals surface area contributed by atoms with Crippen molar-refractivity contribution in [2.75, 3.05) is 24.7 Å². The third kappa shape index (κ3) is 9.87. The van der Waals surface area contributed by atoms with Crippen LogP contribution in [0.4, 0.5) is 10.1 Å². The van der Waals surface area contributed by atoms with Gasteiger partial charge in [0.25, 0.3) is 11.5 Å².